The van der Waals surface area contributed by atoms with Crippen LogP contribution in [0, 0.1) is 51.7 Å². The Labute approximate surface area is 267 Å². The standard InChI is InChI=1S/C39H59FN2O2/c1-25(2)30-17-21-39(34(41-7)23-35(43)42-24-28-9-11-29(40)12-10-28)22-18-32-31(36(30)39)13-14-33-37(5,20-16-27(4)44-8)26(3)15-19-38(32,33)6/h9-12,23,25-27,31-33,41H,13-22,24H2,1-8H3,(H,42,43)/b34-23-. The molecule has 8 atom stereocenters. The molecule has 0 saturated heterocycles. The zero-order valence-electron chi connectivity index (χ0n) is 28.8. The molecule has 4 nitrogen and oxygen atoms in total. The summed E-state index contributed by atoms with van der Waals surface area (Å²) in [5.41, 5.74) is 5.96. The molecule has 2 N–H and O–H groups in total. The van der Waals surface area contributed by atoms with E-state index in [-0.39, 0.29) is 17.1 Å². The zero-order valence-corrected chi connectivity index (χ0v) is 28.8. The van der Waals surface area contributed by atoms with Crippen LogP contribution in [-0.2, 0) is 16.1 Å². The maximum Gasteiger partial charge on any atom is 0.246 e. The summed E-state index contributed by atoms with van der Waals surface area (Å²) in [5.74, 6) is 2.97. The molecule has 0 radical (unpaired) electrons. The molecule has 1 aromatic carbocycles. The molecule has 0 aromatic heterocycles. The highest BCUT2D eigenvalue weighted by Gasteiger charge is 2.62. The van der Waals surface area contributed by atoms with Crippen LogP contribution in [0.1, 0.15) is 111 Å². The van der Waals surface area contributed by atoms with E-state index in [1.807, 2.05) is 20.2 Å². The summed E-state index contributed by atoms with van der Waals surface area (Å²) in [6.07, 6.45) is 14.4. The Kier molecular flexibility index (Phi) is 9.76. The fourth-order valence-electron chi connectivity index (χ4n) is 10.8. The quantitative estimate of drug-likeness (QED) is 0.206. The lowest BCUT2D eigenvalue weighted by Gasteiger charge is -2.65. The predicted molar refractivity (Wildman–Crippen MR) is 178 cm³/mol. The predicted octanol–water partition coefficient (Wildman–Crippen LogP) is 8.97. The minimum atomic E-state index is -0.260. The summed E-state index contributed by atoms with van der Waals surface area (Å²) >= 11 is 0. The lowest BCUT2D eigenvalue weighted by molar-refractivity contribution is -0.139. The van der Waals surface area contributed by atoms with Gasteiger partial charge in [-0.15, -0.1) is 0 Å². The van der Waals surface area contributed by atoms with Crippen LogP contribution in [0.25, 0.3) is 0 Å². The summed E-state index contributed by atoms with van der Waals surface area (Å²) in [5, 5.41) is 6.61. The normalized spacial score (nSPS) is 36.0. The van der Waals surface area contributed by atoms with Crippen molar-refractivity contribution in [3.8, 4) is 0 Å². The zero-order chi connectivity index (χ0) is 31.9. The van der Waals surface area contributed by atoms with Gasteiger partial charge in [-0.25, -0.2) is 4.39 Å². The number of ether oxygens (including phenoxy) is 1. The van der Waals surface area contributed by atoms with Gasteiger partial charge in [-0.05, 0) is 129 Å². The molecule has 0 spiro atoms. The van der Waals surface area contributed by atoms with Crippen molar-refractivity contribution in [2.45, 2.75) is 118 Å². The van der Waals surface area contributed by atoms with Crippen molar-refractivity contribution >= 4 is 5.91 Å². The summed E-state index contributed by atoms with van der Waals surface area (Å²) < 4.78 is 19.1. The Morgan fingerprint density at radius 2 is 1.80 bits per heavy atom. The second kappa shape index (κ2) is 12.9. The third-order valence-corrected chi connectivity index (χ3v) is 13.5. The molecular weight excluding hydrogens is 547 g/mol. The molecule has 0 bridgehead atoms. The smallest absolute Gasteiger partial charge is 0.246 e. The average Bonchev–Trinajstić information content (AvgIpc) is 3.42. The molecule has 1 aromatic rings. The molecule has 4 aliphatic rings. The van der Waals surface area contributed by atoms with E-state index in [1.54, 1.807) is 23.3 Å². The highest BCUT2D eigenvalue weighted by atomic mass is 19.1. The van der Waals surface area contributed by atoms with Gasteiger partial charge in [0.05, 0.1) is 6.10 Å². The van der Waals surface area contributed by atoms with Gasteiger partial charge in [0.25, 0.3) is 0 Å². The first-order valence-corrected chi connectivity index (χ1v) is 17.6. The van der Waals surface area contributed by atoms with E-state index in [9.17, 15) is 9.18 Å². The van der Waals surface area contributed by atoms with Gasteiger partial charge in [-0.3, -0.25) is 4.79 Å². The van der Waals surface area contributed by atoms with Crippen molar-refractivity contribution in [1.29, 1.82) is 0 Å². The number of nitrogens with one attached hydrogen (secondary N) is 2. The van der Waals surface area contributed by atoms with E-state index in [2.05, 4.69) is 52.2 Å². The lowest BCUT2D eigenvalue weighted by atomic mass is 9.40. The minimum Gasteiger partial charge on any atom is -0.391 e. The Morgan fingerprint density at radius 1 is 1.07 bits per heavy atom. The summed E-state index contributed by atoms with van der Waals surface area (Å²) in [4.78, 5) is 13.3. The van der Waals surface area contributed by atoms with Gasteiger partial charge in [0.1, 0.15) is 5.82 Å². The fraction of sp³-hybridized carbons (Fsp3) is 0.718. The minimum absolute atomic E-state index is 0.0782. The Bertz CT molecular complexity index is 1250. The van der Waals surface area contributed by atoms with Crippen molar-refractivity contribution < 1.29 is 13.9 Å². The van der Waals surface area contributed by atoms with Crippen molar-refractivity contribution in [2.24, 2.45) is 45.8 Å². The van der Waals surface area contributed by atoms with E-state index in [4.69, 9.17) is 4.74 Å². The van der Waals surface area contributed by atoms with Gasteiger partial charge >= 0.3 is 0 Å². The van der Waals surface area contributed by atoms with Crippen molar-refractivity contribution in [3.05, 3.63) is 58.6 Å². The van der Waals surface area contributed by atoms with Crippen molar-refractivity contribution in [3.63, 3.8) is 0 Å². The number of rotatable bonds is 10. The summed E-state index contributed by atoms with van der Waals surface area (Å²) in [7, 11) is 3.85. The molecule has 8 unspecified atom stereocenters. The van der Waals surface area contributed by atoms with Gasteiger partial charge < -0.3 is 15.4 Å². The number of benzene rings is 1. The highest BCUT2D eigenvalue weighted by molar-refractivity contribution is 5.88. The van der Waals surface area contributed by atoms with Gasteiger partial charge in [0, 0.05) is 37.9 Å². The third kappa shape index (κ3) is 5.80. The number of carbonyl (C=O) groups excluding carboxylic acids is 1. The van der Waals surface area contributed by atoms with Crippen LogP contribution in [0.2, 0.25) is 0 Å². The topological polar surface area (TPSA) is 50.4 Å². The average molecular weight is 607 g/mol. The van der Waals surface area contributed by atoms with Gasteiger partial charge in [-0.1, -0.05) is 57.9 Å². The van der Waals surface area contributed by atoms with Crippen LogP contribution in [-0.4, -0.2) is 26.2 Å². The van der Waals surface area contributed by atoms with Crippen LogP contribution < -0.4 is 10.6 Å². The summed E-state index contributed by atoms with van der Waals surface area (Å²) in [6, 6.07) is 6.36. The number of amides is 1. The number of hydrogen-bond donors (Lipinski definition) is 2. The third-order valence-electron chi connectivity index (χ3n) is 13.5. The van der Waals surface area contributed by atoms with E-state index in [0.717, 1.165) is 48.8 Å². The SMILES string of the molecule is CN/C(=C\C(=O)NCc1ccc(F)cc1)C12CCC(C(C)C)=C1C1CCC3C(C)(CCC(C)OC)C(C)CCC3(C)C1CC2. The van der Waals surface area contributed by atoms with Gasteiger partial charge in [-0.2, -0.15) is 0 Å². The molecule has 5 rings (SSSR count). The van der Waals surface area contributed by atoms with Crippen LogP contribution in [0.15, 0.2) is 47.2 Å². The van der Waals surface area contributed by atoms with E-state index >= 15 is 0 Å². The van der Waals surface area contributed by atoms with Crippen molar-refractivity contribution in [2.75, 3.05) is 14.2 Å². The first kappa shape index (κ1) is 33.2. The number of hydrogen-bond acceptors (Lipinski definition) is 3. The first-order valence-electron chi connectivity index (χ1n) is 17.6. The first-order chi connectivity index (χ1) is 20.9. The maximum absolute atomic E-state index is 13.4. The molecular formula is C39H59FN2O2. The molecule has 244 valence electrons. The van der Waals surface area contributed by atoms with Crippen molar-refractivity contribution in [1.82, 2.24) is 10.6 Å². The number of allylic oxidation sites excluding steroid dienone is 2. The number of halogens is 1. The molecule has 0 heterocycles. The Hall–Kier alpha value is -2.14. The largest absolute Gasteiger partial charge is 0.391 e. The molecule has 3 saturated carbocycles. The summed E-state index contributed by atoms with van der Waals surface area (Å²) in [6.45, 7) is 15.2. The Morgan fingerprint density at radius 3 is 2.45 bits per heavy atom. The maximum atomic E-state index is 13.4. The monoisotopic (exact) mass is 606 g/mol. The number of methoxy groups -OCH3 is 1. The number of fused-ring (bicyclic) bond motifs is 5. The molecule has 5 heteroatoms. The van der Waals surface area contributed by atoms with Gasteiger partial charge in [0.15, 0.2) is 0 Å². The van der Waals surface area contributed by atoms with E-state index < -0.39 is 0 Å². The van der Waals surface area contributed by atoms with Crippen LogP contribution in [0.5, 0.6) is 0 Å². The van der Waals surface area contributed by atoms with E-state index in [1.165, 1.54) is 50.7 Å². The fourth-order valence-corrected chi connectivity index (χ4v) is 10.8. The molecule has 0 aliphatic heterocycles. The molecule has 1 amide bonds. The second-order valence-electron chi connectivity index (χ2n) is 15.7. The van der Waals surface area contributed by atoms with Crippen LogP contribution in [0.3, 0.4) is 0 Å². The Balaban J connectivity index is 1.44. The van der Waals surface area contributed by atoms with Gasteiger partial charge in [0.2, 0.25) is 5.91 Å². The molecule has 4 aliphatic carbocycles. The lowest BCUT2D eigenvalue weighted by Crippen LogP contribution is -2.57. The molecule has 44 heavy (non-hydrogen) atoms. The van der Waals surface area contributed by atoms with Crippen LogP contribution in [0.4, 0.5) is 4.39 Å². The second-order valence-corrected chi connectivity index (χ2v) is 15.7. The van der Waals surface area contributed by atoms with E-state index in [0.29, 0.717) is 41.2 Å². The van der Waals surface area contributed by atoms with Crippen LogP contribution >= 0.6 is 0 Å². The highest BCUT2D eigenvalue weighted by Crippen LogP contribution is 2.71. The molecule has 3 fully saturated rings. The number of carbonyl (C=O) groups is 1.